The molecule has 1 aliphatic carbocycles. The molecule has 168 valence electrons. The third-order valence-electron chi connectivity index (χ3n) is 7.01. The Hall–Kier alpha value is -2.48. The Balaban J connectivity index is 1.23. The van der Waals surface area contributed by atoms with Crippen molar-refractivity contribution in [2.75, 3.05) is 19.6 Å². The number of likely N-dealkylation sites (tertiary alicyclic amines) is 1. The number of nitrogens with zero attached hydrogens (tertiary/aromatic N) is 1. The molecule has 4 amide bonds. The number of benzene rings is 1. The quantitative estimate of drug-likeness (QED) is 0.579. The number of imide groups is 1. The van der Waals surface area contributed by atoms with Gasteiger partial charge in [-0.15, -0.1) is 0 Å². The highest BCUT2D eigenvalue weighted by atomic mass is 19.1. The number of nitrogens with one attached hydrogen (secondary N) is 3. The van der Waals surface area contributed by atoms with Crippen LogP contribution in [0, 0.1) is 5.82 Å². The van der Waals surface area contributed by atoms with Crippen molar-refractivity contribution in [3.63, 3.8) is 0 Å². The van der Waals surface area contributed by atoms with Gasteiger partial charge in [0.15, 0.2) is 0 Å². The molecule has 31 heavy (non-hydrogen) atoms. The number of rotatable bonds is 7. The van der Waals surface area contributed by atoms with Crippen molar-refractivity contribution in [2.45, 2.75) is 68.9 Å². The summed E-state index contributed by atoms with van der Waals surface area (Å²) >= 11 is 0. The molecule has 0 radical (unpaired) electrons. The lowest BCUT2D eigenvalue weighted by atomic mass is 9.78. The van der Waals surface area contributed by atoms with Crippen molar-refractivity contribution in [3.8, 4) is 0 Å². The summed E-state index contributed by atoms with van der Waals surface area (Å²) in [7, 11) is 0. The van der Waals surface area contributed by atoms with Crippen LogP contribution in [0.25, 0.3) is 0 Å². The summed E-state index contributed by atoms with van der Waals surface area (Å²) in [5, 5.41) is 7.77. The van der Waals surface area contributed by atoms with Crippen LogP contribution in [0.3, 0.4) is 0 Å². The molecule has 0 aromatic heterocycles. The Morgan fingerprint density at radius 1 is 1.13 bits per heavy atom. The van der Waals surface area contributed by atoms with Gasteiger partial charge in [-0.25, -0.2) is 9.18 Å². The fourth-order valence-electron chi connectivity index (χ4n) is 5.29. The highest BCUT2D eigenvalue weighted by molar-refractivity contribution is 6.04. The maximum Gasteiger partial charge on any atom is 0.322 e. The van der Waals surface area contributed by atoms with Gasteiger partial charge in [-0.2, -0.15) is 0 Å². The van der Waals surface area contributed by atoms with Gasteiger partial charge in [-0.3, -0.25) is 14.9 Å². The van der Waals surface area contributed by atoms with Crippen LogP contribution in [-0.2, 0) is 15.0 Å². The van der Waals surface area contributed by atoms with Gasteiger partial charge in [0, 0.05) is 37.5 Å². The second-order valence-electron chi connectivity index (χ2n) is 9.17. The van der Waals surface area contributed by atoms with Crippen molar-refractivity contribution in [3.05, 3.63) is 35.6 Å². The van der Waals surface area contributed by atoms with Gasteiger partial charge in [0.1, 0.15) is 11.9 Å². The number of hydrogen-bond acceptors (Lipinski definition) is 4. The minimum absolute atomic E-state index is 0.0778. The van der Waals surface area contributed by atoms with Crippen LogP contribution in [0.4, 0.5) is 9.18 Å². The topological polar surface area (TPSA) is 90.5 Å². The Kier molecular flexibility index (Phi) is 6.55. The molecule has 2 saturated heterocycles. The van der Waals surface area contributed by atoms with Gasteiger partial charge in [0.2, 0.25) is 5.91 Å². The smallest absolute Gasteiger partial charge is 0.322 e. The van der Waals surface area contributed by atoms with Crippen molar-refractivity contribution in [2.24, 2.45) is 0 Å². The molecule has 8 heteroatoms. The number of urea groups is 1. The second kappa shape index (κ2) is 9.34. The van der Waals surface area contributed by atoms with Gasteiger partial charge in [-0.05, 0) is 49.8 Å². The largest absolute Gasteiger partial charge is 0.353 e. The lowest BCUT2D eigenvalue weighted by molar-refractivity contribution is -0.123. The van der Waals surface area contributed by atoms with Gasteiger partial charge in [-0.1, -0.05) is 25.0 Å². The van der Waals surface area contributed by atoms with E-state index in [1.54, 1.807) is 12.1 Å². The Morgan fingerprint density at radius 3 is 2.42 bits per heavy atom. The first-order valence-electron chi connectivity index (χ1n) is 11.3. The van der Waals surface area contributed by atoms with Crippen molar-refractivity contribution in [1.29, 1.82) is 0 Å². The molecule has 2 aliphatic heterocycles. The molecule has 1 aromatic carbocycles. The molecular weight excluding hydrogens is 399 g/mol. The first-order chi connectivity index (χ1) is 14.9. The fourth-order valence-corrected chi connectivity index (χ4v) is 5.29. The van der Waals surface area contributed by atoms with E-state index in [0.717, 1.165) is 45.3 Å². The van der Waals surface area contributed by atoms with E-state index in [4.69, 9.17) is 0 Å². The van der Waals surface area contributed by atoms with Crippen LogP contribution < -0.4 is 16.0 Å². The first-order valence-corrected chi connectivity index (χ1v) is 11.3. The molecule has 3 N–H and O–H groups in total. The van der Waals surface area contributed by atoms with Crippen molar-refractivity contribution >= 4 is 17.8 Å². The van der Waals surface area contributed by atoms with Gasteiger partial charge in [0.25, 0.3) is 5.91 Å². The zero-order chi connectivity index (χ0) is 21.8. The Morgan fingerprint density at radius 2 is 1.81 bits per heavy atom. The van der Waals surface area contributed by atoms with Crippen LogP contribution in [0.2, 0.25) is 0 Å². The average Bonchev–Trinajstić information content (AvgIpc) is 3.35. The van der Waals surface area contributed by atoms with E-state index in [0.29, 0.717) is 6.42 Å². The zero-order valence-electron chi connectivity index (χ0n) is 17.8. The van der Waals surface area contributed by atoms with E-state index in [9.17, 15) is 18.8 Å². The van der Waals surface area contributed by atoms with Gasteiger partial charge in [0.05, 0.1) is 0 Å². The molecule has 3 aliphatic rings. The summed E-state index contributed by atoms with van der Waals surface area (Å²) in [5.41, 5.74) is 1.35. The highest BCUT2D eigenvalue weighted by Gasteiger charge is 2.38. The summed E-state index contributed by atoms with van der Waals surface area (Å²) in [6, 6.07) is 6.05. The second-order valence-corrected chi connectivity index (χ2v) is 9.17. The molecule has 4 rings (SSSR count). The van der Waals surface area contributed by atoms with Crippen LogP contribution in [0.5, 0.6) is 0 Å². The molecule has 2 heterocycles. The fraction of sp³-hybridized carbons (Fsp3) is 0.609. The van der Waals surface area contributed by atoms with Crippen LogP contribution >= 0.6 is 0 Å². The zero-order valence-corrected chi connectivity index (χ0v) is 17.8. The normalized spacial score (nSPS) is 24.1. The number of halogens is 1. The summed E-state index contributed by atoms with van der Waals surface area (Å²) in [6.07, 6.45) is 7.01. The van der Waals surface area contributed by atoms with Gasteiger partial charge < -0.3 is 15.5 Å². The van der Waals surface area contributed by atoms with E-state index in [-0.39, 0.29) is 35.5 Å². The first kappa shape index (κ1) is 21.7. The number of carbonyl (C=O) groups excluding carboxylic acids is 3. The molecule has 3 fully saturated rings. The molecule has 1 saturated carbocycles. The molecular formula is C23H31FN4O3. The van der Waals surface area contributed by atoms with Crippen LogP contribution in [-0.4, -0.2) is 54.5 Å². The summed E-state index contributed by atoms with van der Waals surface area (Å²) in [6.45, 7) is 2.83. The summed E-state index contributed by atoms with van der Waals surface area (Å²) < 4.78 is 13.4. The Labute approximate surface area is 182 Å². The minimum atomic E-state index is -0.617. The third kappa shape index (κ3) is 5.23. The number of amides is 4. The lowest BCUT2D eigenvalue weighted by Crippen LogP contribution is -2.48. The van der Waals surface area contributed by atoms with E-state index < -0.39 is 12.1 Å². The number of carbonyl (C=O) groups is 3. The highest BCUT2D eigenvalue weighted by Crippen LogP contribution is 2.42. The number of hydrogen-bond donors (Lipinski definition) is 3. The monoisotopic (exact) mass is 430 g/mol. The molecule has 1 atom stereocenters. The van der Waals surface area contributed by atoms with Crippen molar-refractivity contribution < 1.29 is 18.8 Å². The lowest BCUT2D eigenvalue weighted by Gasteiger charge is -2.39. The summed E-state index contributed by atoms with van der Waals surface area (Å²) in [4.78, 5) is 37.5. The third-order valence-corrected chi connectivity index (χ3v) is 7.01. The van der Waals surface area contributed by atoms with E-state index >= 15 is 0 Å². The van der Waals surface area contributed by atoms with E-state index in [2.05, 4.69) is 20.9 Å². The SMILES string of the molecule is O=C(CCC1NC(=O)NC1=O)NC1CCN(CC2(c3ccc(F)cc3)CCCC2)CC1. The molecule has 0 bridgehead atoms. The maximum atomic E-state index is 13.4. The summed E-state index contributed by atoms with van der Waals surface area (Å²) in [5.74, 6) is -0.636. The molecule has 1 aromatic rings. The minimum Gasteiger partial charge on any atom is -0.353 e. The molecule has 1 unspecified atom stereocenters. The Bertz CT molecular complexity index is 815. The van der Waals surface area contributed by atoms with Gasteiger partial charge >= 0.3 is 6.03 Å². The predicted octanol–water partition coefficient (Wildman–Crippen LogP) is 2.21. The van der Waals surface area contributed by atoms with E-state index in [1.165, 1.54) is 18.4 Å². The molecule has 7 nitrogen and oxygen atoms in total. The van der Waals surface area contributed by atoms with Crippen LogP contribution in [0.1, 0.15) is 56.9 Å². The maximum absolute atomic E-state index is 13.4. The van der Waals surface area contributed by atoms with Crippen molar-refractivity contribution in [1.82, 2.24) is 20.9 Å². The average molecular weight is 431 g/mol. The van der Waals surface area contributed by atoms with Crippen LogP contribution in [0.15, 0.2) is 24.3 Å². The standard InChI is InChI=1S/C23H31FN4O3/c24-17-5-3-16(4-6-17)23(11-1-2-12-23)15-28-13-9-18(10-14-28)25-20(29)8-7-19-21(30)27-22(31)26-19/h3-6,18-19H,1-2,7-15H2,(H,25,29)(H2,26,27,30,31). The molecule has 0 spiro atoms. The van der Waals surface area contributed by atoms with E-state index in [1.807, 2.05) is 12.1 Å². The number of piperidine rings is 1. The predicted molar refractivity (Wildman–Crippen MR) is 114 cm³/mol.